The number of rotatable bonds is 2. The van der Waals surface area contributed by atoms with Crippen molar-refractivity contribution in [3.8, 4) is 11.3 Å². The third-order valence-corrected chi connectivity index (χ3v) is 9.98. The maximum atomic E-state index is 6.26. The van der Waals surface area contributed by atoms with Crippen molar-refractivity contribution in [3.63, 3.8) is 0 Å². The highest BCUT2D eigenvalue weighted by Gasteiger charge is 2.43. The molecule has 2 aliphatic rings. The van der Waals surface area contributed by atoms with E-state index in [2.05, 4.69) is 41.1 Å². The van der Waals surface area contributed by atoms with E-state index in [9.17, 15) is 0 Å². The first kappa shape index (κ1) is 20.0. The van der Waals surface area contributed by atoms with Gasteiger partial charge in [-0.15, -0.1) is 0 Å². The van der Waals surface area contributed by atoms with Crippen molar-refractivity contribution in [2.24, 2.45) is 5.41 Å². The third kappa shape index (κ3) is 3.35. The number of anilines is 1. The minimum Gasteiger partial charge on any atom is -0.382 e. The van der Waals surface area contributed by atoms with Crippen LogP contribution in [0.4, 0.5) is 5.82 Å². The molecule has 1 aromatic carbocycles. The van der Waals surface area contributed by atoms with Crippen molar-refractivity contribution in [1.29, 1.82) is 0 Å². The summed E-state index contributed by atoms with van der Waals surface area (Å²) in [5.74, 6) is 1.04. The van der Waals surface area contributed by atoms with Crippen molar-refractivity contribution in [2.45, 2.75) is 44.9 Å². The van der Waals surface area contributed by atoms with Gasteiger partial charge in [0.25, 0.3) is 0 Å². The first-order valence-electron chi connectivity index (χ1n) is 10.9. The molecule has 2 saturated heterocycles. The standard InChI is InChI=1S/C23H29ClN4OSi/c1-15-21(18-5-4-6-19(24)11-18)28-14-25-12-20(28)22(26-15)27-9-7-23(8-10-27)13-29-17(3)30-16(23)2/h4-6,11-12,14,16-17H,7-10,13,30H2,1-3H3/t16-,17+/m0/s1. The molecule has 0 unspecified atom stereocenters. The Labute approximate surface area is 185 Å². The molecule has 0 radical (unpaired) electrons. The minimum atomic E-state index is -0.175. The lowest BCUT2D eigenvalue weighted by Crippen LogP contribution is -2.50. The number of benzene rings is 1. The highest BCUT2D eigenvalue weighted by atomic mass is 35.5. The molecule has 7 heteroatoms. The summed E-state index contributed by atoms with van der Waals surface area (Å²) in [4.78, 5) is 12.0. The van der Waals surface area contributed by atoms with Gasteiger partial charge >= 0.3 is 0 Å². The molecule has 30 heavy (non-hydrogen) atoms. The van der Waals surface area contributed by atoms with E-state index in [1.807, 2.05) is 30.7 Å². The average molecular weight is 441 g/mol. The number of aromatic nitrogens is 3. The number of imidazole rings is 1. The predicted molar refractivity (Wildman–Crippen MR) is 125 cm³/mol. The molecule has 2 aromatic heterocycles. The maximum absolute atomic E-state index is 6.26. The fraction of sp³-hybridized carbons (Fsp3) is 0.478. The van der Waals surface area contributed by atoms with Gasteiger partial charge in [-0.2, -0.15) is 0 Å². The molecule has 158 valence electrons. The topological polar surface area (TPSA) is 42.7 Å². The van der Waals surface area contributed by atoms with Gasteiger partial charge in [-0.25, -0.2) is 9.97 Å². The lowest BCUT2D eigenvalue weighted by Gasteiger charge is -2.49. The quantitative estimate of drug-likeness (QED) is 0.557. The van der Waals surface area contributed by atoms with Gasteiger partial charge in [-0.3, -0.25) is 4.40 Å². The first-order valence-corrected chi connectivity index (χ1v) is 12.9. The summed E-state index contributed by atoms with van der Waals surface area (Å²) in [6.07, 6.45) is 6.19. The van der Waals surface area contributed by atoms with Crippen LogP contribution in [-0.2, 0) is 4.74 Å². The van der Waals surface area contributed by atoms with Crippen molar-refractivity contribution < 1.29 is 4.74 Å². The van der Waals surface area contributed by atoms with Crippen LogP contribution in [0, 0.1) is 12.3 Å². The van der Waals surface area contributed by atoms with Gasteiger partial charge in [0.05, 0.1) is 40.0 Å². The predicted octanol–water partition coefficient (Wildman–Crippen LogP) is 4.30. The summed E-state index contributed by atoms with van der Waals surface area (Å²) in [7, 11) is -0.175. The van der Waals surface area contributed by atoms with E-state index < -0.39 is 0 Å². The van der Waals surface area contributed by atoms with Crippen LogP contribution in [0.25, 0.3) is 16.8 Å². The molecule has 2 aliphatic heterocycles. The van der Waals surface area contributed by atoms with Crippen LogP contribution >= 0.6 is 11.6 Å². The zero-order valence-corrected chi connectivity index (χ0v) is 20.1. The van der Waals surface area contributed by atoms with Gasteiger partial charge in [0.2, 0.25) is 0 Å². The molecule has 1 spiro atoms. The molecule has 4 heterocycles. The molecule has 0 bridgehead atoms. The van der Waals surface area contributed by atoms with Crippen LogP contribution < -0.4 is 4.90 Å². The molecule has 0 aliphatic carbocycles. The number of hydrogen-bond acceptors (Lipinski definition) is 4. The van der Waals surface area contributed by atoms with E-state index in [4.69, 9.17) is 21.3 Å². The van der Waals surface area contributed by atoms with E-state index in [0.717, 1.165) is 58.5 Å². The molecule has 0 saturated carbocycles. The van der Waals surface area contributed by atoms with Gasteiger partial charge in [-0.1, -0.05) is 30.7 Å². The number of ether oxygens (including phenoxy) is 1. The van der Waals surface area contributed by atoms with Crippen molar-refractivity contribution in [2.75, 3.05) is 24.6 Å². The molecule has 2 fully saturated rings. The highest BCUT2D eigenvalue weighted by Crippen LogP contribution is 2.46. The zero-order chi connectivity index (χ0) is 20.9. The summed E-state index contributed by atoms with van der Waals surface area (Å²) < 4.78 is 8.30. The second kappa shape index (κ2) is 7.66. The van der Waals surface area contributed by atoms with E-state index >= 15 is 0 Å². The Hall–Kier alpha value is -1.89. The first-order chi connectivity index (χ1) is 14.5. The van der Waals surface area contributed by atoms with E-state index in [0.29, 0.717) is 11.1 Å². The molecule has 5 nitrogen and oxygen atoms in total. The Morgan fingerprint density at radius 1 is 1.23 bits per heavy atom. The van der Waals surface area contributed by atoms with Gasteiger partial charge in [-0.05, 0) is 49.8 Å². The van der Waals surface area contributed by atoms with Crippen LogP contribution in [0.1, 0.15) is 32.4 Å². The van der Waals surface area contributed by atoms with Crippen LogP contribution in [0.15, 0.2) is 36.8 Å². The fourth-order valence-corrected chi connectivity index (χ4v) is 7.83. The second-order valence-electron chi connectivity index (χ2n) is 9.14. The maximum Gasteiger partial charge on any atom is 0.154 e. The SMILES string of the molecule is Cc1nc(N2CCC3(CC2)CO[C@@H](C)[SiH2][C@H]3C)c2cncn2c1-c1cccc(Cl)c1. The summed E-state index contributed by atoms with van der Waals surface area (Å²) in [5, 5.41) is 0.729. The Kier molecular flexibility index (Phi) is 5.12. The van der Waals surface area contributed by atoms with Crippen LogP contribution in [0.5, 0.6) is 0 Å². The van der Waals surface area contributed by atoms with Gasteiger partial charge < -0.3 is 9.64 Å². The molecule has 5 rings (SSSR count). The summed E-state index contributed by atoms with van der Waals surface area (Å²) in [5.41, 5.74) is 5.91. The number of halogens is 1. The van der Waals surface area contributed by atoms with E-state index in [1.54, 1.807) is 0 Å². The smallest absolute Gasteiger partial charge is 0.154 e. The van der Waals surface area contributed by atoms with Crippen molar-refractivity contribution in [1.82, 2.24) is 14.4 Å². The lowest BCUT2D eigenvalue weighted by atomic mass is 9.76. The van der Waals surface area contributed by atoms with Gasteiger partial charge in [0, 0.05) is 29.4 Å². The molecule has 0 amide bonds. The molecule has 3 aromatic rings. The molecular weight excluding hydrogens is 412 g/mol. The van der Waals surface area contributed by atoms with Gasteiger partial charge in [0.1, 0.15) is 5.52 Å². The van der Waals surface area contributed by atoms with E-state index in [1.165, 1.54) is 12.8 Å². The average Bonchev–Trinajstić information content (AvgIpc) is 3.20. The van der Waals surface area contributed by atoms with Gasteiger partial charge in [0.15, 0.2) is 5.82 Å². The monoisotopic (exact) mass is 440 g/mol. The van der Waals surface area contributed by atoms with Crippen molar-refractivity contribution in [3.05, 3.63) is 47.5 Å². The number of nitrogens with zero attached hydrogens (tertiary/aromatic N) is 4. The molecule has 2 atom stereocenters. The Morgan fingerprint density at radius 2 is 2.03 bits per heavy atom. The summed E-state index contributed by atoms with van der Waals surface area (Å²) in [6, 6.07) is 7.95. The minimum absolute atomic E-state index is 0.175. The largest absolute Gasteiger partial charge is 0.382 e. The van der Waals surface area contributed by atoms with E-state index in [-0.39, 0.29) is 9.52 Å². The summed E-state index contributed by atoms with van der Waals surface area (Å²) in [6.45, 7) is 9.79. The number of piperidine rings is 1. The Bertz CT molecular complexity index is 1080. The zero-order valence-electron chi connectivity index (χ0n) is 17.9. The fourth-order valence-electron chi connectivity index (χ4n) is 5.37. The molecular formula is C23H29ClN4OSi. The number of fused-ring (bicyclic) bond motifs is 1. The number of hydrogen-bond donors (Lipinski definition) is 0. The third-order valence-electron chi connectivity index (χ3n) is 7.27. The van der Waals surface area contributed by atoms with Crippen LogP contribution in [0.3, 0.4) is 0 Å². The Balaban J connectivity index is 1.47. The number of aryl methyl sites for hydroxylation is 1. The normalized spacial score (nSPS) is 24.7. The Morgan fingerprint density at radius 3 is 2.77 bits per heavy atom. The molecule has 0 N–H and O–H groups in total. The van der Waals surface area contributed by atoms with Crippen LogP contribution in [-0.4, -0.2) is 49.3 Å². The van der Waals surface area contributed by atoms with Crippen LogP contribution in [0.2, 0.25) is 10.6 Å². The summed E-state index contributed by atoms with van der Waals surface area (Å²) >= 11 is 6.26. The lowest BCUT2D eigenvalue weighted by molar-refractivity contribution is -0.00561. The van der Waals surface area contributed by atoms with Crippen molar-refractivity contribution >= 4 is 32.5 Å². The second-order valence-corrected chi connectivity index (χ2v) is 12.4. The highest BCUT2D eigenvalue weighted by molar-refractivity contribution is 6.39.